The molecular weight excluding hydrogens is 334 g/mol. The van der Waals surface area contributed by atoms with Crippen LogP contribution in [0, 0.1) is 0 Å². The molecule has 0 atom stereocenters. The molecule has 126 valence electrons. The van der Waals surface area contributed by atoms with Crippen molar-refractivity contribution in [3.05, 3.63) is 57.0 Å². The van der Waals surface area contributed by atoms with Crippen LogP contribution in [-0.4, -0.2) is 22.5 Å². The van der Waals surface area contributed by atoms with Crippen molar-refractivity contribution < 1.29 is 4.42 Å². The fraction of sp³-hybridized carbons (Fsp3) is 0.263. The number of fused-ring (bicyclic) bond motifs is 3. The zero-order chi connectivity index (χ0) is 16.8. The average Bonchev–Trinajstić information content (AvgIpc) is 3.32. The van der Waals surface area contributed by atoms with E-state index in [1.165, 1.54) is 30.6 Å². The molecule has 1 aliphatic heterocycles. The number of furan rings is 1. The summed E-state index contributed by atoms with van der Waals surface area (Å²) in [5.41, 5.74) is 1.67. The summed E-state index contributed by atoms with van der Waals surface area (Å²) in [6.07, 6.45) is 5.53. The van der Waals surface area contributed by atoms with E-state index < -0.39 is 0 Å². The minimum absolute atomic E-state index is 0.0374. The number of para-hydroxylation sites is 2. The number of hydrogen-bond acceptors (Lipinski definition) is 5. The highest BCUT2D eigenvalue weighted by Gasteiger charge is 2.15. The molecular formula is C19H17N3O2S. The first-order chi connectivity index (χ1) is 12.3. The van der Waals surface area contributed by atoms with Crippen LogP contribution < -0.4 is 15.0 Å². The molecule has 1 aromatic carbocycles. The molecule has 0 unspecified atom stereocenters. The lowest BCUT2D eigenvalue weighted by Crippen LogP contribution is -2.28. The quantitative estimate of drug-likeness (QED) is 0.557. The first-order valence-corrected chi connectivity index (χ1v) is 9.38. The normalized spacial score (nSPS) is 16.3. The standard InChI is InChI=1S/C19H17N3O2S/c23-18-16(25-19-20-14-6-2-3-7-15(14)22(18)19)12-13-8-9-17(24-13)21-10-4-1-5-11-21/h2-3,6-9,12H,1,4-5,10-11H2/b16-12-. The van der Waals surface area contributed by atoms with E-state index in [2.05, 4.69) is 9.88 Å². The van der Waals surface area contributed by atoms with E-state index in [9.17, 15) is 4.79 Å². The van der Waals surface area contributed by atoms with Gasteiger partial charge in [-0.05, 0) is 37.5 Å². The summed E-state index contributed by atoms with van der Waals surface area (Å²) >= 11 is 1.40. The predicted octanol–water partition coefficient (Wildman–Crippen LogP) is 3.04. The van der Waals surface area contributed by atoms with Crippen molar-refractivity contribution in [1.82, 2.24) is 9.38 Å². The Kier molecular flexibility index (Phi) is 3.38. The van der Waals surface area contributed by atoms with Gasteiger partial charge < -0.3 is 9.32 Å². The van der Waals surface area contributed by atoms with E-state index in [1.807, 2.05) is 42.5 Å². The number of thiazole rings is 1. The van der Waals surface area contributed by atoms with Crippen molar-refractivity contribution >= 4 is 39.3 Å². The van der Waals surface area contributed by atoms with Gasteiger partial charge in [-0.2, -0.15) is 0 Å². The molecule has 1 fully saturated rings. The second-order valence-electron chi connectivity index (χ2n) is 6.36. The van der Waals surface area contributed by atoms with Gasteiger partial charge in [0.05, 0.1) is 11.0 Å². The summed E-state index contributed by atoms with van der Waals surface area (Å²) in [6.45, 7) is 2.08. The van der Waals surface area contributed by atoms with Crippen LogP contribution in [0.15, 0.2) is 45.6 Å². The summed E-state index contributed by atoms with van der Waals surface area (Å²) < 4.78 is 8.28. The third kappa shape index (κ3) is 2.44. The lowest BCUT2D eigenvalue weighted by Gasteiger charge is -2.25. The van der Waals surface area contributed by atoms with E-state index in [0.717, 1.165) is 35.0 Å². The second-order valence-corrected chi connectivity index (χ2v) is 7.37. The molecule has 0 aliphatic carbocycles. The van der Waals surface area contributed by atoms with Gasteiger partial charge in [-0.3, -0.25) is 4.79 Å². The summed E-state index contributed by atoms with van der Waals surface area (Å²) in [5, 5.41) is 0. The Labute approximate surface area is 147 Å². The highest BCUT2D eigenvalue weighted by molar-refractivity contribution is 7.15. The van der Waals surface area contributed by atoms with Crippen molar-refractivity contribution in [3.8, 4) is 0 Å². The number of imidazole rings is 1. The van der Waals surface area contributed by atoms with Crippen molar-refractivity contribution in [2.75, 3.05) is 18.0 Å². The molecule has 0 spiro atoms. The molecule has 3 aromatic heterocycles. The van der Waals surface area contributed by atoms with Gasteiger partial charge in [0.2, 0.25) is 0 Å². The molecule has 0 bridgehead atoms. The SMILES string of the molecule is O=c1/c(=C/c2ccc(N3CCCCC3)o2)sc2nc3ccccc3n12. The Balaban J connectivity index is 1.57. The number of anilines is 1. The molecule has 6 heteroatoms. The molecule has 4 aromatic rings. The van der Waals surface area contributed by atoms with Gasteiger partial charge >= 0.3 is 0 Å². The Morgan fingerprint density at radius 1 is 1.08 bits per heavy atom. The lowest BCUT2D eigenvalue weighted by molar-refractivity contribution is 0.496. The Morgan fingerprint density at radius 2 is 1.92 bits per heavy atom. The molecule has 4 heterocycles. The number of hydrogen-bond donors (Lipinski definition) is 0. The van der Waals surface area contributed by atoms with Crippen molar-refractivity contribution in [2.24, 2.45) is 0 Å². The van der Waals surface area contributed by atoms with Crippen LogP contribution in [0.2, 0.25) is 0 Å². The molecule has 5 nitrogen and oxygen atoms in total. The highest BCUT2D eigenvalue weighted by Crippen LogP contribution is 2.23. The summed E-state index contributed by atoms with van der Waals surface area (Å²) in [7, 11) is 0. The fourth-order valence-electron chi connectivity index (χ4n) is 3.45. The minimum atomic E-state index is -0.0374. The second kappa shape index (κ2) is 5.74. The zero-order valence-electron chi connectivity index (χ0n) is 13.6. The van der Waals surface area contributed by atoms with Gasteiger partial charge in [0.1, 0.15) is 10.3 Å². The number of piperidine rings is 1. The van der Waals surface area contributed by atoms with Crippen molar-refractivity contribution in [2.45, 2.75) is 19.3 Å². The third-order valence-corrected chi connectivity index (χ3v) is 5.67. The molecule has 0 N–H and O–H groups in total. The maximum absolute atomic E-state index is 12.8. The third-order valence-electron chi connectivity index (χ3n) is 4.70. The lowest BCUT2D eigenvalue weighted by atomic mass is 10.1. The van der Waals surface area contributed by atoms with Crippen LogP contribution >= 0.6 is 11.3 Å². The van der Waals surface area contributed by atoms with Crippen LogP contribution in [-0.2, 0) is 0 Å². The van der Waals surface area contributed by atoms with Crippen LogP contribution in [0.5, 0.6) is 0 Å². The fourth-order valence-corrected chi connectivity index (χ4v) is 4.41. The maximum atomic E-state index is 12.8. The van der Waals surface area contributed by atoms with Crippen LogP contribution in [0.3, 0.4) is 0 Å². The maximum Gasteiger partial charge on any atom is 0.275 e. The van der Waals surface area contributed by atoms with Gasteiger partial charge in [0.15, 0.2) is 10.8 Å². The van der Waals surface area contributed by atoms with Crippen LogP contribution in [0.4, 0.5) is 5.88 Å². The van der Waals surface area contributed by atoms with Gasteiger partial charge in [-0.15, -0.1) is 0 Å². The monoisotopic (exact) mass is 351 g/mol. The number of benzene rings is 1. The van der Waals surface area contributed by atoms with Gasteiger partial charge in [-0.25, -0.2) is 9.38 Å². The molecule has 1 aliphatic rings. The molecule has 0 amide bonds. The topological polar surface area (TPSA) is 50.8 Å². The van der Waals surface area contributed by atoms with Gasteiger partial charge in [0, 0.05) is 25.2 Å². The van der Waals surface area contributed by atoms with E-state index in [0.29, 0.717) is 10.3 Å². The highest BCUT2D eigenvalue weighted by atomic mass is 32.1. The average molecular weight is 351 g/mol. The summed E-state index contributed by atoms with van der Waals surface area (Å²) in [6, 6.07) is 11.6. The first-order valence-electron chi connectivity index (χ1n) is 8.56. The Morgan fingerprint density at radius 3 is 2.80 bits per heavy atom. The first kappa shape index (κ1) is 14.7. The number of aromatic nitrogens is 2. The van der Waals surface area contributed by atoms with Crippen LogP contribution in [0.1, 0.15) is 25.0 Å². The van der Waals surface area contributed by atoms with E-state index in [4.69, 9.17) is 4.42 Å². The molecule has 0 saturated carbocycles. The van der Waals surface area contributed by atoms with Crippen molar-refractivity contribution in [3.63, 3.8) is 0 Å². The Bertz CT molecular complexity index is 1160. The summed E-state index contributed by atoms with van der Waals surface area (Å²) in [4.78, 5) is 20.3. The number of nitrogens with zero attached hydrogens (tertiary/aromatic N) is 3. The minimum Gasteiger partial charge on any atom is -0.441 e. The number of rotatable bonds is 2. The largest absolute Gasteiger partial charge is 0.441 e. The molecule has 1 saturated heterocycles. The zero-order valence-corrected chi connectivity index (χ0v) is 14.5. The van der Waals surface area contributed by atoms with E-state index >= 15 is 0 Å². The van der Waals surface area contributed by atoms with Crippen molar-refractivity contribution in [1.29, 1.82) is 0 Å². The Hall–Kier alpha value is -2.60. The predicted molar refractivity (Wildman–Crippen MR) is 100 cm³/mol. The molecule has 0 radical (unpaired) electrons. The molecule has 25 heavy (non-hydrogen) atoms. The smallest absolute Gasteiger partial charge is 0.275 e. The van der Waals surface area contributed by atoms with E-state index in [1.54, 1.807) is 4.40 Å². The van der Waals surface area contributed by atoms with Gasteiger partial charge in [0.25, 0.3) is 5.56 Å². The molecule has 5 rings (SSSR count). The summed E-state index contributed by atoms with van der Waals surface area (Å²) in [5.74, 6) is 1.61. The van der Waals surface area contributed by atoms with E-state index in [-0.39, 0.29) is 5.56 Å². The van der Waals surface area contributed by atoms with Crippen LogP contribution in [0.25, 0.3) is 22.1 Å². The van der Waals surface area contributed by atoms with Gasteiger partial charge in [-0.1, -0.05) is 23.5 Å².